The molecule has 1 aliphatic heterocycles. The van der Waals surface area contributed by atoms with Crippen LogP contribution in [0.2, 0.25) is 0 Å². The van der Waals surface area contributed by atoms with Crippen molar-refractivity contribution in [3.05, 3.63) is 0 Å². The van der Waals surface area contributed by atoms with E-state index in [4.69, 9.17) is 4.74 Å². The summed E-state index contributed by atoms with van der Waals surface area (Å²) < 4.78 is 5.04. The molecule has 2 atom stereocenters. The van der Waals surface area contributed by atoms with Crippen molar-refractivity contribution in [3.63, 3.8) is 0 Å². The molecule has 1 aliphatic rings. The maximum atomic E-state index is 11.6. The van der Waals surface area contributed by atoms with Gasteiger partial charge in [0.15, 0.2) is 0 Å². The first-order valence-electron chi connectivity index (χ1n) is 6.71. The van der Waals surface area contributed by atoms with E-state index in [0.29, 0.717) is 6.61 Å². The normalized spacial score (nSPS) is 23.4. The van der Waals surface area contributed by atoms with Crippen molar-refractivity contribution in [3.8, 4) is 0 Å². The van der Waals surface area contributed by atoms with E-state index < -0.39 is 0 Å². The minimum Gasteiger partial charge on any atom is -0.466 e. The van der Waals surface area contributed by atoms with E-state index in [1.807, 2.05) is 20.9 Å². The molecule has 2 unspecified atom stereocenters. The van der Waals surface area contributed by atoms with Crippen LogP contribution in [-0.2, 0) is 9.53 Å². The van der Waals surface area contributed by atoms with Gasteiger partial charge in [-0.3, -0.25) is 4.79 Å². The lowest BCUT2D eigenvalue weighted by Crippen LogP contribution is -2.42. The molecule has 0 saturated carbocycles. The lowest BCUT2D eigenvalue weighted by atomic mass is 9.97. The second kappa shape index (κ2) is 7.67. The van der Waals surface area contributed by atoms with Gasteiger partial charge < -0.3 is 15.0 Å². The third kappa shape index (κ3) is 5.04. The fourth-order valence-corrected chi connectivity index (χ4v) is 2.52. The van der Waals surface area contributed by atoms with E-state index in [-0.39, 0.29) is 11.9 Å². The molecule has 0 aromatic heterocycles. The Hall–Kier alpha value is -0.610. The van der Waals surface area contributed by atoms with Crippen LogP contribution in [0.4, 0.5) is 0 Å². The van der Waals surface area contributed by atoms with Gasteiger partial charge in [-0.25, -0.2) is 0 Å². The molecule has 0 aromatic rings. The molecule has 4 nitrogen and oxygen atoms in total. The summed E-state index contributed by atoms with van der Waals surface area (Å²) in [6.45, 7) is 8.41. The molecule has 1 fully saturated rings. The molecule has 1 rings (SSSR count). The summed E-state index contributed by atoms with van der Waals surface area (Å²) >= 11 is 0. The highest BCUT2D eigenvalue weighted by Crippen LogP contribution is 2.17. The van der Waals surface area contributed by atoms with Crippen molar-refractivity contribution in [1.29, 1.82) is 0 Å². The Morgan fingerprint density at radius 3 is 3.00 bits per heavy atom. The molecule has 0 amide bonds. The van der Waals surface area contributed by atoms with Crippen molar-refractivity contribution < 1.29 is 9.53 Å². The molecule has 0 aromatic carbocycles. The molecular weight excluding hydrogens is 216 g/mol. The van der Waals surface area contributed by atoms with Gasteiger partial charge in [0.1, 0.15) is 0 Å². The standard InChI is InChI=1S/C13H26N2O2/c1-4-17-13(16)11(2)9-15-7-5-6-12(10-15)8-14-3/h11-12,14H,4-10H2,1-3H3. The number of likely N-dealkylation sites (tertiary alicyclic amines) is 1. The van der Waals surface area contributed by atoms with E-state index in [1.54, 1.807) is 0 Å². The molecule has 0 aliphatic carbocycles. The van der Waals surface area contributed by atoms with Gasteiger partial charge in [0.25, 0.3) is 0 Å². The van der Waals surface area contributed by atoms with Crippen LogP contribution in [0.25, 0.3) is 0 Å². The molecule has 0 radical (unpaired) electrons. The zero-order valence-corrected chi connectivity index (χ0v) is 11.4. The quantitative estimate of drug-likeness (QED) is 0.709. The maximum absolute atomic E-state index is 11.6. The van der Waals surface area contributed by atoms with E-state index in [0.717, 1.165) is 32.1 Å². The number of carbonyl (C=O) groups is 1. The van der Waals surface area contributed by atoms with Crippen LogP contribution in [0.15, 0.2) is 0 Å². The van der Waals surface area contributed by atoms with Gasteiger partial charge in [-0.2, -0.15) is 0 Å². The van der Waals surface area contributed by atoms with E-state index in [9.17, 15) is 4.79 Å². The van der Waals surface area contributed by atoms with Gasteiger partial charge in [0.05, 0.1) is 12.5 Å². The molecule has 0 spiro atoms. The Morgan fingerprint density at radius 1 is 1.59 bits per heavy atom. The molecule has 17 heavy (non-hydrogen) atoms. The maximum Gasteiger partial charge on any atom is 0.309 e. The number of rotatable bonds is 6. The Balaban J connectivity index is 2.32. The van der Waals surface area contributed by atoms with Crippen LogP contribution < -0.4 is 5.32 Å². The molecule has 4 heteroatoms. The third-order valence-electron chi connectivity index (χ3n) is 3.32. The summed E-state index contributed by atoms with van der Waals surface area (Å²) in [6, 6.07) is 0. The SMILES string of the molecule is CCOC(=O)C(C)CN1CCCC(CNC)C1. The number of hydrogen-bond acceptors (Lipinski definition) is 4. The van der Waals surface area contributed by atoms with Crippen molar-refractivity contribution >= 4 is 5.97 Å². The fourth-order valence-electron chi connectivity index (χ4n) is 2.52. The fraction of sp³-hybridized carbons (Fsp3) is 0.923. The number of nitrogens with one attached hydrogen (secondary N) is 1. The second-order valence-electron chi connectivity index (χ2n) is 4.98. The first kappa shape index (κ1) is 14.5. The predicted molar refractivity (Wildman–Crippen MR) is 68.9 cm³/mol. The van der Waals surface area contributed by atoms with Gasteiger partial charge in [0, 0.05) is 13.1 Å². The summed E-state index contributed by atoms with van der Waals surface area (Å²) in [5, 5.41) is 3.24. The van der Waals surface area contributed by atoms with Crippen molar-refractivity contribution in [1.82, 2.24) is 10.2 Å². The van der Waals surface area contributed by atoms with Crippen LogP contribution in [0, 0.1) is 11.8 Å². The molecule has 100 valence electrons. The Morgan fingerprint density at radius 2 is 2.35 bits per heavy atom. The highest BCUT2D eigenvalue weighted by Gasteiger charge is 2.23. The van der Waals surface area contributed by atoms with Gasteiger partial charge in [-0.15, -0.1) is 0 Å². The lowest BCUT2D eigenvalue weighted by molar-refractivity contribution is -0.148. The van der Waals surface area contributed by atoms with Crippen LogP contribution in [0.5, 0.6) is 0 Å². The Kier molecular flexibility index (Phi) is 6.52. The number of carbonyl (C=O) groups excluding carboxylic acids is 1. The van der Waals surface area contributed by atoms with Crippen molar-refractivity contribution in [2.45, 2.75) is 26.7 Å². The average Bonchev–Trinajstić information content (AvgIpc) is 2.30. The van der Waals surface area contributed by atoms with E-state index in [2.05, 4.69) is 10.2 Å². The molecule has 1 saturated heterocycles. The Bertz CT molecular complexity index is 231. The van der Waals surface area contributed by atoms with Crippen molar-refractivity contribution in [2.75, 3.05) is 39.8 Å². The second-order valence-corrected chi connectivity index (χ2v) is 4.98. The predicted octanol–water partition coefficient (Wildman–Crippen LogP) is 1.12. The highest BCUT2D eigenvalue weighted by molar-refractivity contribution is 5.72. The third-order valence-corrected chi connectivity index (χ3v) is 3.32. The summed E-state index contributed by atoms with van der Waals surface area (Å²) in [6.07, 6.45) is 2.53. The van der Waals surface area contributed by atoms with Gasteiger partial charge in [-0.1, -0.05) is 6.92 Å². The summed E-state index contributed by atoms with van der Waals surface area (Å²) in [5.41, 5.74) is 0. The zero-order valence-electron chi connectivity index (χ0n) is 11.4. The number of esters is 1. The Labute approximate surface area is 105 Å². The molecule has 1 heterocycles. The number of nitrogens with zero attached hydrogens (tertiary/aromatic N) is 1. The first-order chi connectivity index (χ1) is 8.17. The van der Waals surface area contributed by atoms with Crippen LogP contribution in [-0.4, -0.2) is 50.7 Å². The van der Waals surface area contributed by atoms with E-state index >= 15 is 0 Å². The van der Waals surface area contributed by atoms with Crippen LogP contribution in [0.1, 0.15) is 26.7 Å². The van der Waals surface area contributed by atoms with Gasteiger partial charge >= 0.3 is 5.97 Å². The minimum absolute atomic E-state index is 0.0108. The monoisotopic (exact) mass is 242 g/mol. The topological polar surface area (TPSA) is 41.6 Å². The average molecular weight is 242 g/mol. The number of ether oxygens (including phenoxy) is 1. The highest BCUT2D eigenvalue weighted by atomic mass is 16.5. The minimum atomic E-state index is -0.0664. The van der Waals surface area contributed by atoms with E-state index in [1.165, 1.54) is 12.8 Å². The number of piperidine rings is 1. The molecule has 1 N–H and O–H groups in total. The summed E-state index contributed by atoms with van der Waals surface area (Å²) in [4.78, 5) is 14.0. The molecular formula is C13H26N2O2. The van der Waals surface area contributed by atoms with Crippen LogP contribution >= 0.6 is 0 Å². The lowest BCUT2D eigenvalue weighted by Gasteiger charge is -2.33. The van der Waals surface area contributed by atoms with Gasteiger partial charge in [0.2, 0.25) is 0 Å². The largest absolute Gasteiger partial charge is 0.466 e. The number of hydrogen-bond donors (Lipinski definition) is 1. The zero-order chi connectivity index (χ0) is 12.7. The van der Waals surface area contributed by atoms with Crippen LogP contribution in [0.3, 0.4) is 0 Å². The smallest absolute Gasteiger partial charge is 0.309 e. The van der Waals surface area contributed by atoms with Gasteiger partial charge in [-0.05, 0) is 45.8 Å². The summed E-state index contributed by atoms with van der Waals surface area (Å²) in [7, 11) is 2.00. The first-order valence-corrected chi connectivity index (χ1v) is 6.71. The summed E-state index contributed by atoms with van der Waals surface area (Å²) in [5.74, 6) is 0.648. The molecule has 0 bridgehead atoms. The van der Waals surface area contributed by atoms with Crippen molar-refractivity contribution in [2.24, 2.45) is 11.8 Å².